The topological polar surface area (TPSA) is 29.3 Å². The van der Waals surface area contributed by atoms with Crippen molar-refractivity contribution < 1.29 is 4.39 Å². The fourth-order valence-corrected chi connectivity index (χ4v) is 2.22. The zero-order chi connectivity index (χ0) is 13.1. The maximum atomic E-state index is 13.6. The number of nitrogen functional groups attached to an aromatic ring is 1. The Morgan fingerprint density at radius 1 is 1.22 bits per heavy atom. The molecule has 18 heavy (non-hydrogen) atoms. The van der Waals surface area contributed by atoms with Crippen molar-refractivity contribution in [2.45, 2.75) is 6.54 Å². The lowest BCUT2D eigenvalue weighted by Crippen LogP contribution is -2.18. The molecule has 94 valence electrons. The van der Waals surface area contributed by atoms with Crippen LogP contribution in [0.3, 0.4) is 0 Å². The van der Waals surface area contributed by atoms with Gasteiger partial charge in [0, 0.05) is 23.6 Å². The molecule has 0 radical (unpaired) electrons. The van der Waals surface area contributed by atoms with E-state index in [2.05, 4.69) is 15.9 Å². The van der Waals surface area contributed by atoms with Crippen LogP contribution in [-0.2, 0) is 6.54 Å². The van der Waals surface area contributed by atoms with Crippen molar-refractivity contribution in [3.8, 4) is 0 Å². The van der Waals surface area contributed by atoms with Gasteiger partial charge in [-0.15, -0.1) is 0 Å². The van der Waals surface area contributed by atoms with Crippen molar-refractivity contribution in [1.29, 1.82) is 0 Å². The zero-order valence-corrected chi connectivity index (χ0v) is 11.6. The van der Waals surface area contributed by atoms with Crippen LogP contribution in [-0.4, -0.2) is 7.05 Å². The smallest absolute Gasteiger partial charge is 0.128 e. The fraction of sp³-hybridized carbons (Fsp3) is 0.143. The van der Waals surface area contributed by atoms with Crippen LogP contribution < -0.4 is 10.6 Å². The van der Waals surface area contributed by atoms with Gasteiger partial charge in [-0.3, -0.25) is 0 Å². The summed E-state index contributed by atoms with van der Waals surface area (Å²) in [7, 11) is 1.89. The lowest BCUT2D eigenvalue weighted by atomic mass is 10.2. The second-order valence-electron chi connectivity index (χ2n) is 4.15. The predicted molar refractivity (Wildman–Crippen MR) is 77.1 cm³/mol. The molecule has 0 fully saturated rings. The lowest BCUT2D eigenvalue weighted by molar-refractivity contribution is 0.608. The highest BCUT2D eigenvalue weighted by Gasteiger charge is 2.08. The van der Waals surface area contributed by atoms with Gasteiger partial charge in [0.1, 0.15) is 5.82 Å². The molecule has 0 aliphatic carbocycles. The minimum atomic E-state index is -0.194. The molecule has 0 aromatic heterocycles. The Balaban J connectivity index is 2.22. The van der Waals surface area contributed by atoms with Gasteiger partial charge < -0.3 is 10.6 Å². The van der Waals surface area contributed by atoms with Gasteiger partial charge in [-0.25, -0.2) is 4.39 Å². The molecule has 0 atom stereocenters. The molecule has 0 aliphatic rings. The third-order valence-corrected chi connectivity index (χ3v) is 3.26. The average molecular weight is 309 g/mol. The Bertz CT molecular complexity index is 557. The molecular formula is C14H14BrFN2. The molecule has 0 bridgehead atoms. The van der Waals surface area contributed by atoms with E-state index in [1.165, 1.54) is 6.07 Å². The number of nitrogens with zero attached hydrogens (tertiary/aromatic N) is 1. The van der Waals surface area contributed by atoms with E-state index < -0.39 is 0 Å². The average Bonchev–Trinajstić information content (AvgIpc) is 2.32. The molecule has 0 aliphatic heterocycles. The van der Waals surface area contributed by atoms with Crippen LogP contribution in [0, 0.1) is 5.82 Å². The van der Waals surface area contributed by atoms with E-state index in [4.69, 9.17) is 5.73 Å². The summed E-state index contributed by atoms with van der Waals surface area (Å²) in [5.74, 6) is -0.194. The van der Waals surface area contributed by atoms with Gasteiger partial charge in [0.25, 0.3) is 0 Å². The Kier molecular flexibility index (Phi) is 3.87. The quantitative estimate of drug-likeness (QED) is 0.874. The molecule has 0 unspecified atom stereocenters. The minimum absolute atomic E-state index is 0.194. The molecule has 0 heterocycles. The van der Waals surface area contributed by atoms with E-state index >= 15 is 0 Å². The molecule has 2 aromatic rings. The molecule has 2 N–H and O–H groups in total. The van der Waals surface area contributed by atoms with Crippen LogP contribution in [0.2, 0.25) is 0 Å². The molecule has 0 saturated heterocycles. The van der Waals surface area contributed by atoms with Gasteiger partial charge in [-0.1, -0.05) is 34.1 Å². The molecule has 0 amide bonds. The third kappa shape index (κ3) is 2.82. The molecule has 0 spiro atoms. The largest absolute Gasteiger partial charge is 0.397 e. The van der Waals surface area contributed by atoms with E-state index in [-0.39, 0.29) is 5.82 Å². The summed E-state index contributed by atoms with van der Waals surface area (Å²) >= 11 is 3.37. The standard InChI is InChI=1S/C14H14BrFN2/c1-18(9-10-4-2-3-5-12(10)16)14-7-6-11(15)8-13(14)17/h2-8H,9,17H2,1H3. The van der Waals surface area contributed by atoms with Crippen molar-refractivity contribution >= 4 is 27.3 Å². The Morgan fingerprint density at radius 3 is 2.61 bits per heavy atom. The first kappa shape index (κ1) is 12.9. The predicted octanol–water partition coefficient (Wildman–Crippen LogP) is 3.81. The van der Waals surface area contributed by atoms with Crippen LogP contribution in [0.15, 0.2) is 46.9 Å². The van der Waals surface area contributed by atoms with Crippen molar-refractivity contribution in [2.75, 3.05) is 17.7 Å². The zero-order valence-electron chi connectivity index (χ0n) is 10.0. The van der Waals surface area contributed by atoms with E-state index in [1.54, 1.807) is 12.1 Å². The van der Waals surface area contributed by atoms with Crippen molar-refractivity contribution in [2.24, 2.45) is 0 Å². The number of benzene rings is 2. The highest BCUT2D eigenvalue weighted by molar-refractivity contribution is 9.10. The van der Waals surface area contributed by atoms with Crippen LogP contribution >= 0.6 is 15.9 Å². The second-order valence-corrected chi connectivity index (χ2v) is 5.07. The summed E-state index contributed by atoms with van der Waals surface area (Å²) in [5.41, 5.74) is 8.16. The minimum Gasteiger partial charge on any atom is -0.397 e. The first-order chi connectivity index (χ1) is 8.58. The van der Waals surface area contributed by atoms with Crippen LogP contribution in [0.25, 0.3) is 0 Å². The van der Waals surface area contributed by atoms with E-state index in [0.29, 0.717) is 17.8 Å². The van der Waals surface area contributed by atoms with Crippen LogP contribution in [0.1, 0.15) is 5.56 Å². The number of rotatable bonds is 3. The van der Waals surface area contributed by atoms with E-state index in [1.807, 2.05) is 36.2 Å². The highest BCUT2D eigenvalue weighted by Crippen LogP contribution is 2.27. The number of halogens is 2. The first-order valence-electron chi connectivity index (χ1n) is 5.57. The van der Waals surface area contributed by atoms with Crippen molar-refractivity contribution in [3.05, 3.63) is 58.3 Å². The maximum Gasteiger partial charge on any atom is 0.128 e. The summed E-state index contributed by atoms with van der Waals surface area (Å²) in [4.78, 5) is 1.93. The summed E-state index contributed by atoms with van der Waals surface area (Å²) in [6.45, 7) is 0.485. The van der Waals surface area contributed by atoms with Gasteiger partial charge in [-0.05, 0) is 24.3 Å². The number of hydrogen-bond donors (Lipinski definition) is 1. The summed E-state index contributed by atoms with van der Waals surface area (Å²) in [6.07, 6.45) is 0. The summed E-state index contributed by atoms with van der Waals surface area (Å²) in [5, 5.41) is 0. The number of nitrogens with two attached hydrogens (primary N) is 1. The Morgan fingerprint density at radius 2 is 1.94 bits per heavy atom. The first-order valence-corrected chi connectivity index (χ1v) is 6.37. The highest BCUT2D eigenvalue weighted by atomic mass is 79.9. The maximum absolute atomic E-state index is 13.6. The van der Waals surface area contributed by atoms with Crippen LogP contribution in [0.4, 0.5) is 15.8 Å². The Hall–Kier alpha value is -1.55. The number of anilines is 2. The van der Waals surface area contributed by atoms with E-state index in [9.17, 15) is 4.39 Å². The van der Waals surface area contributed by atoms with Gasteiger partial charge in [0.05, 0.1) is 11.4 Å². The van der Waals surface area contributed by atoms with Gasteiger partial charge >= 0.3 is 0 Å². The molecule has 0 saturated carbocycles. The molecule has 2 rings (SSSR count). The van der Waals surface area contributed by atoms with Crippen molar-refractivity contribution in [1.82, 2.24) is 0 Å². The van der Waals surface area contributed by atoms with Gasteiger partial charge in [0.2, 0.25) is 0 Å². The molecule has 4 heteroatoms. The third-order valence-electron chi connectivity index (χ3n) is 2.77. The number of hydrogen-bond acceptors (Lipinski definition) is 2. The SMILES string of the molecule is CN(Cc1ccccc1F)c1ccc(Br)cc1N. The molecular weight excluding hydrogens is 295 g/mol. The van der Waals surface area contributed by atoms with Crippen LogP contribution in [0.5, 0.6) is 0 Å². The fourth-order valence-electron chi connectivity index (χ4n) is 1.84. The van der Waals surface area contributed by atoms with E-state index in [0.717, 1.165) is 10.2 Å². The summed E-state index contributed by atoms with van der Waals surface area (Å²) in [6, 6.07) is 12.4. The Labute approximate surface area is 114 Å². The summed E-state index contributed by atoms with van der Waals surface area (Å²) < 4.78 is 14.5. The van der Waals surface area contributed by atoms with Crippen molar-refractivity contribution in [3.63, 3.8) is 0 Å². The second kappa shape index (κ2) is 5.40. The molecule has 2 nitrogen and oxygen atoms in total. The molecule has 2 aromatic carbocycles. The monoisotopic (exact) mass is 308 g/mol. The normalized spacial score (nSPS) is 10.4. The van der Waals surface area contributed by atoms with Gasteiger partial charge in [-0.2, -0.15) is 0 Å². The van der Waals surface area contributed by atoms with Gasteiger partial charge in [0.15, 0.2) is 0 Å². The lowest BCUT2D eigenvalue weighted by Gasteiger charge is -2.21.